The first-order valence-electron chi connectivity index (χ1n) is 5.99. The van der Waals surface area contributed by atoms with Crippen molar-refractivity contribution in [2.45, 2.75) is 32.5 Å². The molecule has 1 rings (SSSR count). The van der Waals surface area contributed by atoms with Gasteiger partial charge in [-0.1, -0.05) is 13.8 Å². The number of nitrogens with one attached hydrogen (secondary N) is 2. The number of nitrogens with two attached hydrogens (primary N) is 1. The molecule has 1 aliphatic rings. The first-order valence-corrected chi connectivity index (χ1v) is 5.99. The third-order valence-corrected chi connectivity index (χ3v) is 3.39. The zero-order valence-corrected chi connectivity index (χ0v) is 10.8. The Morgan fingerprint density at radius 1 is 1.37 bits per heavy atom. The highest BCUT2D eigenvalue weighted by molar-refractivity contribution is 5.90. The number of hydrogen-bond acceptors (Lipinski definition) is 3. The number of alkyl halides is 3. The molecule has 5 nitrogen and oxygen atoms in total. The van der Waals surface area contributed by atoms with Crippen LogP contribution in [0.5, 0.6) is 0 Å². The van der Waals surface area contributed by atoms with E-state index in [4.69, 9.17) is 5.73 Å². The summed E-state index contributed by atoms with van der Waals surface area (Å²) in [6.07, 6.45) is -5.01. The molecule has 0 aliphatic carbocycles. The first-order chi connectivity index (χ1) is 8.62. The van der Waals surface area contributed by atoms with Gasteiger partial charge < -0.3 is 16.4 Å². The van der Waals surface area contributed by atoms with Crippen LogP contribution in [0.3, 0.4) is 0 Å². The highest BCUT2D eigenvalue weighted by atomic mass is 19.4. The molecule has 2 amide bonds. The number of carbonyl (C=O) groups excluding carboxylic acids is 2. The van der Waals surface area contributed by atoms with Crippen molar-refractivity contribution in [3.05, 3.63) is 0 Å². The number of halogens is 3. The molecule has 8 heteroatoms. The Bertz CT molecular complexity index is 363. The van der Waals surface area contributed by atoms with Crippen LogP contribution in [-0.2, 0) is 9.59 Å². The number of primary amides is 1. The van der Waals surface area contributed by atoms with Crippen molar-refractivity contribution in [2.24, 2.45) is 17.1 Å². The molecular formula is C11H18F3N3O2. The van der Waals surface area contributed by atoms with E-state index in [1.54, 1.807) is 13.8 Å². The largest absolute Gasteiger partial charge is 0.404 e. The number of rotatable bonds is 4. The lowest BCUT2D eigenvalue weighted by atomic mass is 9.84. The van der Waals surface area contributed by atoms with E-state index in [0.29, 0.717) is 0 Å². The van der Waals surface area contributed by atoms with E-state index in [-0.39, 0.29) is 18.9 Å². The molecule has 0 saturated carbocycles. The lowest BCUT2D eigenvalue weighted by Crippen LogP contribution is -2.57. The molecule has 19 heavy (non-hydrogen) atoms. The van der Waals surface area contributed by atoms with Crippen molar-refractivity contribution in [3.63, 3.8) is 0 Å². The molecule has 1 heterocycles. The van der Waals surface area contributed by atoms with Crippen molar-refractivity contribution < 1.29 is 22.8 Å². The maximum absolute atomic E-state index is 13.1. The summed E-state index contributed by atoms with van der Waals surface area (Å²) in [5.41, 5.74) is 2.61. The van der Waals surface area contributed by atoms with Gasteiger partial charge >= 0.3 is 6.18 Å². The summed E-state index contributed by atoms with van der Waals surface area (Å²) in [6.45, 7) is 2.83. The van der Waals surface area contributed by atoms with Crippen LogP contribution in [0.15, 0.2) is 0 Å². The van der Waals surface area contributed by atoms with Gasteiger partial charge in [-0.2, -0.15) is 13.2 Å². The van der Waals surface area contributed by atoms with Gasteiger partial charge in [0.2, 0.25) is 11.8 Å². The molecule has 1 aliphatic heterocycles. The summed E-state index contributed by atoms with van der Waals surface area (Å²) >= 11 is 0. The standard InChI is InChI=1S/C11H18F3N3O2/c1-6(2)7(8(15)18)17-9(19)10(11(12,13)14)3-4-16-5-10/h6-7,16H,3-5H2,1-2H3,(H2,15,18)(H,17,19). The second-order valence-electron chi connectivity index (χ2n) is 5.10. The summed E-state index contributed by atoms with van der Waals surface area (Å²) in [5.74, 6) is -2.41. The maximum Gasteiger partial charge on any atom is 0.404 e. The molecule has 2 atom stereocenters. The Morgan fingerprint density at radius 2 is 1.95 bits per heavy atom. The Balaban J connectivity index is 2.93. The van der Waals surface area contributed by atoms with Crippen LogP contribution in [0.1, 0.15) is 20.3 Å². The smallest absolute Gasteiger partial charge is 0.368 e. The Hall–Kier alpha value is -1.31. The van der Waals surface area contributed by atoms with E-state index in [9.17, 15) is 22.8 Å². The number of amides is 2. The minimum Gasteiger partial charge on any atom is -0.368 e. The Morgan fingerprint density at radius 3 is 2.26 bits per heavy atom. The van der Waals surface area contributed by atoms with Crippen molar-refractivity contribution in [1.29, 1.82) is 0 Å². The molecule has 1 fully saturated rings. The topological polar surface area (TPSA) is 84.2 Å². The highest BCUT2D eigenvalue weighted by Gasteiger charge is 2.61. The van der Waals surface area contributed by atoms with E-state index in [1.807, 2.05) is 0 Å². The zero-order chi connectivity index (χ0) is 14.8. The van der Waals surface area contributed by atoms with Gasteiger partial charge in [0, 0.05) is 6.54 Å². The molecule has 110 valence electrons. The average Bonchev–Trinajstić information content (AvgIpc) is 2.73. The summed E-state index contributed by atoms with van der Waals surface area (Å²) in [6, 6.07) is -1.10. The van der Waals surface area contributed by atoms with E-state index >= 15 is 0 Å². The van der Waals surface area contributed by atoms with Crippen LogP contribution in [0.4, 0.5) is 13.2 Å². The monoisotopic (exact) mass is 281 g/mol. The maximum atomic E-state index is 13.1. The van der Waals surface area contributed by atoms with Gasteiger partial charge in [0.1, 0.15) is 6.04 Å². The predicted octanol–water partition coefficient (Wildman–Crippen LogP) is 0.154. The SMILES string of the molecule is CC(C)C(NC(=O)C1(C(F)(F)F)CCNC1)C(N)=O. The predicted molar refractivity (Wildman–Crippen MR) is 61.9 cm³/mol. The quantitative estimate of drug-likeness (QED) is 0.686. The molecule has 0 aromatic heterocycles. The Kier molecular flexibility index (Phi) is 4.44. The Labute approximate surface area is 109 Å². The first kappa shape index (κ1) is 15.7. The van der Waals surface area contributed by atoms with Crippen LogP contribution in [-0.4, -0.2) is 37.1 Å². The second kappa shape index (κ2) is 5.36. The van der Waals surface area contributed by atoms with Crippen LogP contribution < -0.4 is 16.4 Å². The van der Waals surface area contributed by atoms with Crippen LogP contribution in [0.2, 0.25) is 0 Å². The van der Waals surface area contributed by atoms with Gasteiger partial charge in [0.25, 0.3) is 0 Å². The minimum absolute atomic E-state index is 0.107. The molecule has 0 aromatic rings. The van der Waals surface area contributed by atoms with Crippen molar-refractivity contribution in [1.82, 2.24) is 10.6 Å². The average molecular weight is 281 g/mol. The fourth-order valence-electron chi connectivity index (χ4n) is 2.10. The van der Waals surface area contributed by atoms with Gasteiger partial charge in [-0.25, -0.2) is 0 Å². The summed E-state index contributed by atoms with van der Waals surface area (Å²) in [5, 5.41) is 4.67. The molecule has 2 unspecified atom stereocenters. The third-order valence-electron chi connectivity index (χ3n) is 3.39. The van der Waals surface area contributed by atoms with Gasteiger partial charge in [-0.15, -0.1) is 0 Å². The lowest BCUT2D eigenvalue weighted by molar-refractivity contribution is -0.216. The molecule has 1 saturated heterocycles. The summed E-state index contributed by atoms with van der Waals surface area (Å²) in [4.78, 5) is 23.1. The molecule has 0 spiro atoms. The van der Waals surface area contributed by atoms with Crippen molar-refractivity contribution in [2.75, 3.05) is 13.1 Å². The fraction of sp³-hybridized carbons (Fsp3) is 0.818. The molecular weight excluding hydrogens is 263 g/mol. The lowest BCUT2D eigenvalue weighted by Gasteiger charge is -2.31. The molecule has 0 radical (unpaired) electrons. The number of hydrogen-bond donors (Lipinski definition) is 3. The zero-order valence-electron chi connectivity index (χ0n) is 10.8. The van der Waals surface area contributed by atoms with E-state index in [1.165, 1.54) is 0 Å². The van der Waals surface area contributed by atoms with E-state index in [0.717, 1.165) is 0 Å². The van der Waals surface area contributed by atoms with Crippen LogP contribution >= 0.6 is 0 Å². The van der Waals surface area contributed by atoms with Gasteiger partial charge in [-0.3, -0.25) is 9.59 Å². The second-order valence-corrected chi connectivity index (χ2v) is 5.10. The van der Waals surface area contributed by atoms with Crippen LogP contribution in [0.25, 0.3) is 0 Å². The van der Waals surface area contributed by atoms with Gasteiger partial charge in [0.15, 0.2) is 5.41 Å². The summed E-state index contributed by atoms with van der Waals surface area (Å²) in [7, 11) is 0. The van der Waals surface area contributed by atoms with Gasteiger partial charge in [-0.05, 0) is 18.9 Å². The normalized spacial score (nSPS) is 25.4. The summed E-state index contributed by atoms with van der Waals surface area (Å²) < 4.78 is 39.3. The van der Waals surface area contributed by atoms with Crippen LogP contribution in [0, 0.1) is 11.3 Å². The number of carbonyl (C=O) groups is 2. The van der Waals surface area contributed by atoms with E-state index < -0.39 is 36.0 Å². The van der Waals surface area contributed by atoms with Crippen molar-refractivity contribution >= 4 is 11.8 Å². The van der Waals surface area contributed by atoms with Gasteiger partial charge in [0.05, 0.1) is 0 Å². The minimum atomic E-state index is -4.67. The molecule has 0 aromatic carbocycles. The molecule has 0 bridgehead atoms. The highest BCUT2D eigenvalue weighted by Crippen LogP contribution is 2.43. The van der Waals surface area contributed by atoms with Crippen molar-refractivity contribution in [3.8, 4) is 0 Å². The molecule has 4 N–H and O–H groups in total. The fourth-order valence-corrected chi connectivity index (χ4v) is 2.10. The van der Waals surface area contributed by atoms with E-state index in [2.05, 4.69) is 10.6 Å². The third kappa shape index (κ3) is 2.99.